The van der Waals surface area contributed by atoms with E-state index in [1.54, 1.807) is 0 Å². The van der Waals surface area contributed by atoms with E-state index in [-0.39, 0.29) is 0 Å². The Morgan fingerprint density at radius 1 is 1.19 bits per heavy atom. The van der Waals surface area contributed by atoms with E-state index in [1.165, 1.54) is 25.7 Å². The number of likely N-dealkylation sites (tertiary alicyclic amines) is 2. The second-order valence-corrected chi connectivity index (χ2v) is 5.35. The summed E-state index contributed by atoms with van der Waals surface area (Å²) in [5.41, 5.74) is 0. The molecule has 0 aliphatic carbocycles. The average molecular weight is 224 g/mol. The van der Waals surface area contributed by atoms with E-state index in [2.05, 4.69) is 23.6 Å². The van der Waals surface area contributed by atoms with Gasteiger partial charge in [-0.05, 0) is 38.0 Å². The number of piperidine rings is 1. The number of hydrogen-bond donors (Lipinski definition) is 0. The molecule has 2 saturated heterocycles. The van der Waals surface area contributed by atoms with Crippen LogP contribution in [0.3, 0.4) is 0 Å². The monoisotopic (exact) mass is 224 g/mol. The lowest BCUT2D eigenvalue weighted by Gasteiger charge is -2.35. The van der Waals surface area contributed by atoms with Crippen molar-refractivity contribution in [3.05, 3.63) is 0 Å². The summed E-state index contributed by atoms with van der Waals surface area (Å²) in [7, 11) is 0. The molecule has 0 aromatic rings. The second-order valence-electron chi connectivity index (χ2n) is 5.35. The molecule has 16 heavy (non-hydrogen) atoms. The molecule has 1 unspecified atom stereocenters. The van der Waals surface area contributed by atoms with Gasteiger partial charge in [-0.3, -0.25) is 0 Å². The van der Waals surface area contributed by atoms with Gasteiger partial charge in [0.05, 0.1) is 0 Å². The zero-order valence-electron chi connectivity index (χ0n) is 10.6. The van der Waals surface area contributed by atoms with Crippen LogP contribution in [0.15, 0.2) is 0 Å². The number of hydrogen-bond acceptors (Lipinski definition) is 1. The summed E-state index contributed by atoms with van der Waals surface area (Å²) in [6.07, 6.45) is 5.85. The van der Waals surface area contributed by atoms with E-state index in [0.717, 1.165) is 32.0 Å². The molecule has 3 nitrogen and oxygen atoms in total. The van der Waals surface area contributed by atoms with Gasteiger partial charge in [0.2, 0.25) is 0 Å². The molecule has 3 heteroatoms. The molecule has 2 amide bonds. The van der Waals surface area contributed by atoms with Crippen molar-refractivity contribution in [3.8, 4) is 0 Å². The molecule has 1 atom stereocenters. The molecule has 2 aliphatic heterocycles. The Morgan fingerprint density at radius 3 is 2.50 bits per heavy atom. The summed E-state index contributed by atoms with van der Waals surface area (Å²) in [6.45, 7) is 7.38. The molecule has 0 bridgehead atoms. The molecule has 0 radical (unpaired) electrons. The van der Waals surface area contributed by atoms with Gasteiger partial charge >= 0.3 is 6.03 Å². The predicted octanol–water partition coefficient (Wildman–Crippen LogP) is 2.71. The fourth-order valence-electron chi connectivity index (χ4n) is 2.89. The minimum atomic E-state index is 0.302. The maximum absolute atomic E-state index is 12.3. The SMILES string of the molecule is CCC1CCCN1C(=O)N1CCC(C)CC1. The maximum atomic E-state index is 12.3. The lowest BCUT2D eigenvalue weighted by molar-refractivity contribution is 0.130. The van der Waals surface area contributed by atoms with E-state index in [9.17, 15) is 4.79 Å². The molecule has 0 aromatic heterocycles. The molecule has 0 spiro atoms. The summed E-state index contributed by atoms with van der Waals surface area (Å²) in [5.74, 6) is 0.796. The van der Waals surface area contributed by atoms with Crippen molar-refractivity contribution in [2.75, 3.05) is 19.6 Å². The maximum Gasteiger partial charge on any atom is 0.320 e. The number of carbonyl (C=O) groups is 1. The Morgan fingerprint density at radius 2 is 1.88 bits per heavy atom. The summed E-state index contributed by atoms with van der Waals surface area (Å²) >= 11 is 0. The van der Waals surface area contributed by atoms with Gasteiger partial charge in [-0.25, -0.2) is 4.79 Å². The van der Waals surface area contributed by atoms with Gasteiger partial charge < -0.3 is 9.80 Å². The summed E-state index contributed by atoms with van der Waals surface area (Å²) in [6, 6.07) is 0.808. The lowest BCUT2D eigenvalue weighted by Crippen LogP contribution is -2.48. The molecule has 92 valence electrons. The molecule has 2 fully saturated rings. The van der Waals surface area contributed by atoms with Crippen LogP contribution in [-0.4, -0.2) is 41.5 Å². The van der Waals surface area contributed by atoms with Gasteiger partial charge in [0, 0.05) is 25.7 Å². The zero-order chi connectivity index (χ0) is 11.5. The number of urea groups is 1. The minimum absolute atomic E-state index is 0.302. The van der Waals surface area contributed by atoms with Crippen LogP contribution in [0.5, 0.6) is 0 Å². The molecule has 2 heterocycles. The first-order valence-corrected chi connectivity index (χ1v) is 6.78. The molecule has 2 rings (SSSR count). The minimum Gasteiger partial charge on any atom is -0.325 e. The first-order chi connectivity index (χ1) is 7.72. The van der Waals surface area contributed by atoms with Crippen LogP contribution in [0.1, 0.15) is 46.0 Å². The Hall–Kier alpha value is -0.730. The van der Waals surface area contributed by atoms with Crippen LogP contribution in [0.25, 0.3) is 0 Å². The van der Waals surface area contributed by atoms with Gasteiger partial charge in [-0.1, -0.05) is 13.8 Å². The van der Waals surface area contributed by atoms with Crippen molar-refractivity contribution in [1.29, 1.82) is 0 Å². The van der Waals surface area contributed by atoms with Crippen LogP contribution in [0.4, 0.5) is 4.79 Å². The Kier molecular flexibility index (Phi) is 3.72. The number of carbonyl (C=O) groups excluding carboxylic acids is 1. The quantitative estimate of drug-likeness (QED) is 0.672. The van der Waals surface area contributed by atoms with Crippen LogP contribution >= 0.6 is 0 Å². The van der Waals surface area contributed by atoms with Gasteiger partial charge in [0.1, 0.15) is 0 Å². The fourth-order valence-corrected chi connectivity index (χ4v) is 2.89. The highest BCUT2D eigenvalue weighted by Crippen LogP contribution is 2.24. The average Bonchev–Trinajstić information content (AvgIpc) is 2.77. The Bertz CT molecular complexity index is 246. The zero-order valence-corrected chi connectivity index (χ0v) is 10.6. The fraction of sp³-hybridized carbons (Fsp3) is 0.923. The third-order valence-corrected chi connectivity index (χ3v) is 4.15. The molecule has 0 saturated carbocycles. The normalized spacial score (nSPS) is 27.5. The highest BCUT2D eigenvalue weighted by molar-refractivity contribution is 5.75. The first kappa shape index (κ1) is 11.7. The smallest absolute Gasteiger partial charge is 0.320 e. The molecular weight excluding hydrogens is 200 g/mol. The predicted molar refractivity (Wildman–Crippen MR) is 65.4 cm³/mol. The van der Waals surface area contributed by atoms with Gasteiger partial charge in [0.15, 0.2) is 0 Å². The number of amides is 2. The van der Waals surface area contributed by atoms with Crippen molar-refractivity contribution in [3.63, 3.8) is 0 Å². The third-order valence-electron chi connectivity index (χ3n) is 4.15. The largest absolute Gasteiger partial charge is 0.325 e. The molecule has 0 N–H and O–H groups in total. The van der Waals surface area contributed by atoms with Crippen molar-refractivity contribution in [2.24, 2.45) is 5.92 Å². The number of rotatable bonds is 1. The van der Waals surface area contributed by atoms with E-state index in [0.29, 0.717) is 12.1 Å². The Balaban J connectivity index is 1.91. The van der Waals surface area contributed by atoms with Crippen LogP contribution in [0.2, 0.25) is 0 Å². The van der Waals surface area contributed by atoms with Crippen molar-refractivity contribution >= 4 is 6.03 Å². The van der Waals surface area contributed by atoms with E-state index >= 15 is 0 Å². The van der Waals surface area contributed by atoms with Crippen LogP contribution in [-0.2, 0) is 0 Å². The van der Waals surface area contributed by atoms with Gasteiger partial charge in [-0.2, -0.15) is 0 Å². The van der Waals surface area contributed by atoms with Gasteiger partial charge in [-0.15, -0.1) is 0 Å². The molecule has 0 aromatic carbocycles. The number of nitrogens with zero attached hydrogens (tertiary/aromatic N) is 2. The van der Waals surface area contributed by atoms with Crippen molar-refractivity contribution in [1.82, 2.24) is 9.80 Å². The standard InChI is InChI=1S/C13H24N2O/c1-3-12-5-4-8-15(12)13(16)14-9-6-11(2)7-10-14/h11-12H,3-10H2,1-2H3. The highest BCUT2D eigenvalue weighted by atomic mass is 16.2. The summed E-state index contributed by atoms with van der Waals surface area (Å²) in [4.78, 5) is 16.5. The van der Waals surface area contributed by atoms with Gasteiger partial charge in [0.25, 0.3) is 0 Å². The third kappa shape index (κ3) is 2.33. The Labute approximate surface area is 98.8 Å². The van der Waals surface area contributed by atoms with E-state index in [4.69, 9.17) is 0 Å². The summed E-state index contributed by atoms with van der Waals surface area (Å²) < 4.78 is 0. The topological polar surface area (TPSA) is 23.6 Å². The first-order valence-electron chi connectivity index (χ1n) is 6.78. The van der Waals surface area contributed by atoms with E-state index in [1.807, 2.05) is 0 Å². The highest BCUT2D eigenvalue weighted by Gasteiger charge is 2.31. The van der Waals surface area contributed by atoms with Crippen LogP contribution in [0, 0.1) is 5.92 Å². The molecular formula is C13H24N2O. The van der Waals surface area contributed by atoms with E-state index < -0.39 is 0 Å². The van der Waals surface area contributed by atoms with Crippen molar-refractivity contribution < 1.29 is 4.79 Å². The molecule has 2 aliphatic rings. The second kappa shape index (κ2) is 5.07. The van der Waals surface area contributed by atoms with Crippen LogP contribution < -0.4 is 0 Å². The lowest BCUT2D eigenvalue weighted by atomic mass is 9.99. The summed E-state index contributed by atoms with van der Waals surface area (Å²) in [5, 5.41) is 0. The van der Waals surface area contributed by atoms with Crippen molar-refractivity contribution in [2.45, 2.75) is 52.0 Å².